The summed E-state index contributed by atoms with van der Waals surface area (Å²) in [6.07, 6.45) is 1.15. The second kappa shape index (κ2) is 2.87. The molecule has 10 heavy (non-hydrogen) atoms. The summed E-state index contributed by atoms with van der Waals surface area (Å²) in [6, 6.07) is 6.48. The van der Waals surface area contributed by atoms with E-state index in [4.69, 9.17) is 0 Å². The van der Waals surface area contributed by atoms with E-state index >= 15 is 0 Å². The van der Waals surface area contributed by atoms with E-state index in [2.05, 4.69) is 39.0 Å². The summed E-state index contributed by atoms with van der Waals surface area (Å²) in [5.74, 6) is 0. The zero-order valence-corrected chi connectivity index (χ0v) is 6.94. The third-order valence-electron chi connectivity index (χ3n) is 2.10. The first-order valence-corrected chi connectivity index (χ1v) is 3.80. The molecule has 0 unspecified atom stereocenters. The molecule has 0 heteroatoms. The molecule has 0 heterocycles. The summed E-state index contributed by atoms with van der Waals surface area (Å²) in [6.45, 7) is 6.55. The predicted octanol–water partition coefficient (Wildman–Crippen LogP) is 2.87. The lowest BCUT2D eigenvalue weighted by Crippen LogP contribution is -1.88. The van der Waals surface area contributed by atoms with E-state index in [-0.39, 0.29) is 0 Å². The van der Waals surface area contributed by atoms with Crippen LogP contribution < -0.4 is 0 Å². The maximum Gasteiger partial charge on any atom is -0.0305 e. The highest BCUT2D eigenvalue weighted by molar-refractivity contribution is 5.32. The Kier molecular flexibility index (Phi) is 2.10. The predicted molar refractivity (Wildman–Crippen MR) is 45.3 cm³/mol. The van der Waals surface area contributed by atoms with Gasteiger partial charge < -0.3 is 0 Å². The molecule has 0 saturated carbocycles. The lowest BCUT2D eigenvalue weighted by molar-refractivity contribution is 1.09. The van der Waals surface area contributed by atoms with Gasteiger partial charge in [0.1, 0.15) is 0 Å². The van der Waals surface area contributed by atoms with Crippen molar-refractivity contribution in [3.8, 4) is 0 Å². The number of aryl methyl sites for hydroxylation is 2. The zero-order chi connectivity index (χ0) is 7.56. The first-order valence-electron chi connectivity index (χ1n) is 3.80. The topological polar surface area (TPSA) is 0 Å². The van der Waals surface area contributed by atoms with Crippen LogP contribution in [0.5, 0.6) is 0 Å². The maximum atomic E-state index is 2.20. The van der Waals surface area contributed by atoms with E-state index in [0.717, 1.165) is 6.42 Å². The number of hydrogen-bond donors (Lipinski definition) is 0. The van der Waals surface area contributed by atoms with Crippen molar-refractivity contribution in [2.45, 2.75) is 27.2 Å². The normalized spacial score (nSPS) is 9.90. The van der Waals surface area contributed by atoms with E-state index in [1.165, 1.54) is 16.7 Å². The Balaban J connectivity index is 3.14. The van der Waals surface area contributed by atoms with Gasteiger partial charge >= 0.3 is 0 Å². The summed E-state index contributed by atoms with van der Waals surface area (Å²) >= 11 is 0. The first-order chi connectivity index (χ1) is 4.75. The first kappa shape index (κ1) is 7.33. The van der Waals surface area contributed by atoms with Crippen molar-refractivity contribution in [1.82, 2.24) is 0 Å². The molecule has 0 aliphatic rings. The van der Waals surface area contributed by atoms with Crippen molar-refractivity contribution >= 4 is 0 Å². The van der Waals surface area contributed by atoms with Crippen LogP contribution in [-0.4, -0.2) is 0 Å². The Morgan fingerprint density at radius 3 is 2.40 bits per heavy atom. The molecule has 0 nitrogen and oxygen atoms in total. The van der Waals surface area contributed by atoms with Gasteiger partial charge in [-0.2, -0.15) is 0 Å². The number of rotatable bonds is 1. The highest BCUT2D eigenvalue weighted by Gasteiger charge is 1.95. The van der Waals surface area contributed by atoms with E-state index in [1.54, 1.807) is 0 Å². The second-order valence-electron chi connectivity index (χ2n) is 2.71. The van der Waals surface area contributed by atoms with Gasteiger partial charge in [-0.1, -0.05) is 25.1 Å². The van der Waals surface area contributed by atoms with E-state index < -0.39 is 0 Å². The van der Waals surface area contributed by atoms with Gasteiger partial charge in [0.05, 0.1) is 0 Å². The van der Waals surface area contributed by atoms with Crippen molar-refractivity contribution in [3.05, 3.63) is 34.9 Å². The Morgan fingerprint density at radius 2 is 1.90 bits per heavy atom. The average Bonchev–Trinajstić information content (AvgIpc) is 1.95. The molecule has 0 spiro atoms. The van der Waals surface area contributed by atoms with Crippen molar-refractivity contribution in [2.24, 2.45) is 0 Å². The maximum absolute atomic E-state index is 2.20. The van der Waals surface area contributed by atoms with Crippen LogP contribution in [0, 0.1) is 13.8 Å². The van der Waals surface area contributed by atoms with Crippen LogP contribution in [0.3, 0.4) is 0 Å². The third kappa shape index (κ3) is 1.21. The SMILES string of the molecule is CCc1cccc(C)c1C. The summed E-state index contributed by atoms with van der Waals surface area (Å²) < 4.78 is 0. The summed E-state index contributed by atoms with van der Waals surface area (Å²) in [7, 11) is 0. The largest absolute Gasteiger partial charge is 0.0617 e. The molecular weight excluding hydrogens is 120 g/mol. The van der Waals surface area contributed by atoms with Crippen molar-refractivity contribution < 1.29 is 0 Å². The van der Waals surface area contributed by atoms with Gasteiger partial charge in [0, 0.05) is 0 Å². The molecular formula is C10H14. The lowest BCUT2D eigenvalue weighted by Gasteiger charge is -2.04. The van der Waals surface area contributed by atoms with E-state index in [9.17, 15) is 0 Å². The fraction of sp³-hybridized carbons (Fsp3) is 0.400. The monoisotopic (exact) mass is 134 g/mol. The molecule has 1 aromatic carbocycles. The minimum atomic E-state index is 1.15. The molecule has 0 fully saturated rings. The standard InChI is InChI=1S/C10H14/c1-4-10-7-5-6-8(2)9(10)3/h5-7H,4H2,1-3H3. The minimum absolute atomic E-state index is 1.15. The Morgan fingerprint density at radius 1 is 1.20 bits per heavy atom. The van der Waals surface area contributed by atoms with Gasteiger partial charge in [-0.05, 0) is 37.0 Å². The van der Waals surface area contributed by atoms with Crippen molar-refractivity contribution in [3.63, 3.8) is 0 Å². The fourth-order valence-electron chi connectivity index (χ4n) is 1.19. The summed E-state index contributed by atoms with van der Waals surface area (Å²) in [5.41, 5.74) is 4.32. The molecule has 0 amide bonds. The highest BCUT2D eigenvalue weighted by Crippen LogP contribution is 2.12. The molecule has 1 aromatic rings. The average molecular weight is 134 g/mol. The van der Waals surface area contributed by atoms with Gasteiger partial charge in [-0.3, -0.25) is 0 Å². The second-order valence-corrected chi connectivity index (χ2v) is 2.71. The molecule has 1 rings (SSSR count). The third-order valence-corrected chi connectivity index (χ3v) is 2.10. The Bertz CT molecular complexity index is 223. The molecule has 0 aliphatic heterocycles. The van der Waals surface area contributed by atoms with Gasteiger partial charge in [-0.25, -0.2) is 0 Å². The Labute approximate surface area is 62.9 Å². The van der Waals surface area contributed by atoms with Crippen molar-refractivity contribution in [2.75, 3.05) is 0 Å². The summed E-state index contributed by atoms with van der Waals surface area (Å²) in [4.78, 5) is 0. The molecule has 0 radical (unpaired) electrons. The molecule has 0 bridgehead atoms. The van der Waals surface area contributed by atoms with Gasteiger partial charge in [0.2, 0.25) is 0 Å². The fourth-order valence-corrected chi connectivity index (χ4v) is 1.19. The quantitative estimate of drug-likeness (QED) is 0.554. The summed E-state index contributed by atoms with van der Waals surface area (Å²) in [5, 5.41) is 0. The van der Waals surface area contributed by atoms with Crippen LogP contribution in [0.1, 0.15) is 23.6 Å². The molecule has 0 N–H and O–H groups in total. The van der Waals surface area contributed by atoms with Crippen LogP contribution >= 0.6 is 0 Å². The minimum Gasteiger partial charge on any atom is -0.0617 e. The smallest absolute Gasteiger partial charge is 0.0305 e. The van der Waals surface area contributed by atoms with E-state index in [1.807, 2.05) is 0 Å². The van der Waals surface area contributed by atoms with Gasteiger partial charge in [-0.15, -0.1) is 0 Å². The molecule has 0 saturated heterocycles. The van der Waals surface area contributed by atoms with E-state index in [0.29, 0.717) is 0 Å². The number of hydrogen-bond acceptors (Lipinski definition) is 0. The molecule has 0 aromatic heterocycles. The zero-order valence-electron chi connectivity index (χ0n) is 6.94. The highest BCUT2D eigenvalue weighted by atomic mass is 14.0. The van der Waals surface area contributed by atoms with Crippen molar-refractivity contribution in [1.29, 1.82) is 0 Å². The van der Waals surface area contributed by atoms with Crippen LogP contribution in [0.25, 0.3) is 0 Å². The number of benzene rings is 1. The van der Waals surface area contributed by atoms with Crippen LogP contribution in [-0.2, 0) is 6.42 Å². The lowest BCUT2D eigenvalue weighted by atomic mass is 10.0. The van der Waals surface area contributed by atoms with Crippen LogP contribution in [0.4, 0.5) is 0 Å². The molecule has 54 valence electrons. The van der Waals surface area contributed by atoms with Gasteiger partial charge in [0.15, 0.2) is 0 Å². The van der Waals surface area contributed by atoms with Gasteiger partial charge in [0.25, 0.3) is 0 Å². The van der Waals surface area contributed by atoms with Crippen LogP contribution in [0.2, 0.25) is 0 Å². The Hall–Kier alpha value is -0.780. The van der Waals surface area contributed by atoms with Crippen LogP contribution in [0.15, 0.2) is 18.2 Å². The molecule has 0 aliphatic carbocycles. The molecule has 0 atom stereocenters.